The maximum Gasteiger partial charge on any atom is 0.226 e. The highest BCUT2D eigenvalue weighted by atomic mass is 32.1. The van der Waals surface area contributed by atoms with Gasteiger partial charge in [-0.1, -0.05) is 11.3 Å². The van der Waals surface area contributed by atoms with Crippen LogP contribution in [0.2, 0.25) is 0 Å². The number of hydrogen-bond acceptors (Lipinski definition) is 6. The van der Waals surface area contributed by atoms with E-state index in [9.17, 15) is 4.79 Å². The number of anilines is 1. The number of aryl methyl sites for hydroxylation is 1. The average molecular weight is 411 g/mol. The molecule has 0 aliphatic carbocycles. The number of hydrogen-bond donors (Lipinski definition) is 1. The minimum Gasteiger partial charge on any atom is -0.494 e. The quantitative estimate of drug-likeness (QED) is 0.528. The molecule has 6 nitrogen and oxygen atoms in total. The Labute approximate surface area is 169 Å². The van der Waals surface area contributed by atoms with Gasteiger partial charge in [-0.05, 0) is 54.4 Å². The predicted octanol–water partition coefficient (Wildman–Crippen LogP) is 4.72. The molecule has 4 aromatic rings. The summed E-state index contributed by atoms with van der Waals surface area (Å²) in [4.78, 5) is 17.2. The Hall–Kier alpha value is -2.71. The molecule has 1 aliphatic rings. The smallest absolute Gasteiger partial charge is 0.226 e. The van der Waals surface area contributed by atoms with Gasteiger partial charge in [0.1, 0.15) is 11.6 Å². The van der Waals surface area contributed by atoms with Crippen molar-refractivity contribution < 1.29 is 9.53 Å². The van der Waals surface area contributed by atoms with E-state index in [4.69, 9.17) is 14.8 Å². The number of thiophene rings is 1. The number of carbonyl (C=O) groups is 1. The molecule has 8 heteroatoms. The van der Waals surface area contributed by atoms with Crippen molar-refractivity contribution in [2.45, 2.75) is 26.2 Å². The Morgan fingerprint density at radius 1 is 1.36 bits per heavy atom. The van der Waals surface area contributed by atoms with E-state index in [1.807, 2.05) is 37.4 Å². The monoisotopic (exact) mass is 410 g/mol. The van der Waals surface area contributed by atoms with E-state index in [2.05, 4.69) is 16.8 Å². The summed E-state index contributed by atoms with van der Waals surface area (Å²) in [7, 11) is 0. The van der Waals surface area contributed by atoms with Gasteiger partial charge in [0.2, 0.25) is 11.0 Å². The van der Waals surface area contributed by atoms with Gasteiger partial charge >= 0.3 is 0 Å². The number of aromatic nitrogens is 3. The summed E-state index contributed by atoms with van der Waals surface area (Å²) in [6.07, 6.45) is 0.438. The van der Waals surface area contributed by atoms with Crippen LogP contribution in [0.4, 0.5) is 5.82 Å². The van der Waals surface area contributed by atoms with Crippen molar-refractivity contribution in [3.63, 3.8) is 0 Å². The standard InChI is InChI=1S/C20H18N4O2S2/c1-3-26-13-4-5-15-16(8-13)28-20(21-15)24-19-18(11(2)23-24)14(9-17(25)22-19)12-6-7-27-10-12/h4-8,10,14H,3,9H2,1-2H3,(H,22,25)/t14-/m0/s1. The highest BCUT2D eigenvalue weighted by Crippen LogP contribution is 2.41. The molecular weight excluding hydrogens is 392 g/mol. The number of benzene rings is 1. The van der Waals surface area contributed by atoms with Crippen LogP contribution in [0.1, 0.15) is 36.1 Å². The van der Waals surface area contributed by atoms with Crippen LogP contribution in [0, 0.1) is 6.92 Å². The first-order valence-electron chi connectivity index (χ1n) is 9.09. The lowest BCUT2D eigenvalue weighted by Gasteiger charge is -2.23. The SMILES string of the molecule is CCOc1ccc2nc(-n3nc(C)c4c3NC(=O)C[C@H]4c3ccsc3)sc2c1. The van der Waals surface area contributed by atoms with E-state index in [0.717, 1.165) is 43.7 Å². The minimum atomic E-state index is 0.00425. The first-order chi connectivity index (χ1) is 13.6. The first kappa shape index (κ1) is 17.4. The molecule has 5 rings (SSSR count). The summed E-state index contributed by atoms with van der Waals surface area (Å²) < 4.78 is 8.39. The number of nitrogens with zero attached hydrogens (tertiary/aromatic N) is 3. The fraction of sp³-hybridized carbons (Fsp3) is 0.250. The topological polar surface area (TPSA) is 69.0 Å². The van der Waals surface area contributed by atoms with Gasteiger partial charge in [-0.15, -0.1) is 0 Å². The normalized spacial score (nSPS) is 16.2. The van der Waals surface area contributed by atoms with Crippen molar-refractivity contribution >= 4 is 44.6 Å². The predicted molar refractivity (Wildman–Crippen MR) is 112 cm³/mol. The lowest BCUT2D eigenvalue weighted by Crippen LogP contribution is -2.24. The van der Waals surface area contributed by atoms with E-state index < -0.39 is 0 Å². The third-order valence-corrected chi connectivity index (χ3v) is 6.58. The molecule has 0 unspecified atom stereocenters. The molecule has 0 saturated heterocycles. The number of ether oxygens (including phenoxy) is 1. The molecule has 3 aromatic heterocycles. The zero-order chi connectivity index (χ0) is 19.3. The summed E-state index contributed by atoms with van der Waals surface area (Å²) >= 11 is 3.18. The highest BCUT2D eigenvalue weighted by Gasteiger charge is 2.33. The number of carbonyl (C=O) groups excluding carboxylic acids is 1. The molecular formula is C20H18N4O2S2. The van der Waals surface area contributed by atoms with Crippen molar-refractivity contribution in [1.29, 1.82) is 0 Å². The Morgan fingerprint density at radius 2 is 2.25 bits per heavy atom. The Kier molecular flexibility index (Phi) is 4.17. The molecule has 1 aromatic carbocycles. The van der Waals surface area contributed by atoms with Crippen molar-refractivity contribution in [1.82, 2.24) is 14.8 Å². The van der Waals surface area contributed by atoms with Crippen molar-refractivity contribution in [2.75, 3.05) is 11.9 Å². The second kappa shape index (κ2) is 6.72. The maximum atomic E-state index is 12.4. The van der Waals surface area contributed by atoms with Gasteiger partial charge in [-0.2, -0.15) is 21.1 Å². The van der Waals surface area contributed by atoms with Crippen molar-refractivity contribution in [3.05, 3.63) is 51.8 Å². The molecule has 1 amide bonds. The fourth-order valence-corrected chi connectivity index (χ4v) is 5.35. The number of amides is 1. The van der Waals surface area contributed by atoms with Crippen molar-refractivity contribution in [2.24, 2.45) is 0 Å². The van der Waals surface area contributed by atoms with Crippen LogP contribution in [-0.4, -0.2) is 27.3 Å². The van der Waals surface area contributed by atoms with E-state index in [0.29, 0.717) is 13.0 Å². The molecule has 1 aliphatic heterocycles. The van der Waals surface area contributed by atoms with Gasteiger partial charge in [-0.3, -0.25) is 4.79 Å². The zero-order valence-electron chi connectivity index (χ0n) is 15.4. The molecule has 142 valence electrons. The first-order valence-corrected chi connectivity index (χ1v) is 10.8. The molecule has 1 N–H and O–H groups in total. The zero-order valence-corrected chi connectivity index (χ0v) is 17.1. The third kappa shape index (κ3) is 2.80. The lowest BCUT2D eigenvalue weighted by molar-refractivity contribution is -0.116. The minimum absolute atomic E-state index is 0.00425. The largest absolute Gasteiger partial charge is 0.494 e. The van der Waals surface area contributed by atoms with Crippen LogP contribution in [0.15, 0.2) is 35.0 Å². The lowest BCUT2D eigenvalue weighted by atomic mass is 9.87. The third-order valence-electron chi connectivity index (χ3n) is 4.89. The van der Waals surface area contributed by atoms with Crippen LogP contribution in [0.5, 0.6) is 5.75 Å². The van der Waals surface area contributed by atoms with Crippen LogP contribution in [0.25, 0.3) is 15.3 Å². The molecule has 0 radical (unpaired) electrons. The molecule has 0 fully saturated rings. The summed E-state index contributed by atoms with van der Waals surface area (Å²) in [6.45, 7) is 4.58. The molecule has 4 heterocycles. The van der Waals surface area contributed by atoms with Crippen LogP contribution < -0.4 is 10.1 Å². The van der Waals surface area contributed by atoms with Crippen LogP contribution in [0.3, 0.4) is 0 Å². The number of fused-ring (bicyclic) bond motifs is 2. The molecule has 1 atom stereocenters. The number of thiazole rings is 1. The summed E-state index contributed by atoms with van der Waals surface area (Å²) in [5, 5.41) is 12.6. The Morgan fingerprint density at radius 3 is 3.04 bits per heavy atom. The molecule has 0 saturated carbocycles. The Bertz CT molecular complexity index is 1180. The number of nitrogens with one attached hydrogen (secondary N) is 1. The van der Waals surface area contributed by atoms with Crippen LogP contribution >= 0.6 is 22.7 Å². The van der Waals surface area contributed by atoms with Gasteiger partial charge < -0.3 is 10.1 Å². The van der Waals surface area contributed by atoms with E-state index in [1.54, 1.807) is 16.0 Å². The average Bonchev–Trinajstić information content (AvgIpc) is 3.40. The van der Waals surface area contributed by atoms with E-state index in [-0.39, 0.29) is 11.8 Å². The Balaban J connectivity index is 1.63. The fourth-order valence-electron chi connectivity index (χ4n) is 3.68. The van der Waals surface area contributed by atoms with Crippen molar-refractivity contribution in [3.8, 4) is 10.9 Å². The number of rotatable bonds is 4. The van der Waals surface area contributed by atoms with E-state index in [1.165, 1.54) is 11.3 Å². The highest BCUT2D eigenvalue weighted by molar-refractivity contribution is 7.20. The van der Waals surface area contributed by atoms with Crippen LogP contribution in [-0.2, 0) is 4.79 Å². The molecule has 28 heavy (non-hydrogen) atoms. The van der Waals surface area contributed by atoms with Gasteiger partial charge in [0, 0.05) is 17.9 Å². The van der Waals surface area contributed by atoms with Gasteiger partial charge in [-0.25, -0.2) is 4.98 Å². The molecule has 0 spiro atoms. The maximum absolute atomic E-state index is 12.4. The summed E-state index contributed by atoms with van der Waals surface area (Å²) in [5.41, 5.74) is 4.05. The summed E-state index contributed by atoms with van der Waals surface area (Å²) in [5.74, 6) is 1.59. The summed E-state index contributed by atoms with van der Waals surface area (Å²) in [6, 6.07) is 7.96. The van der Waals surface area contributed by atoms with Gasteiger partial charge in [0.15, 0.2) is 0 Å². The van der Waals surface area contributed by atoms with E-state index >= 15 is 0 Å². The second-order valence-corrected chi connectivity index (χ2v) is 8.47. The second-order valence-electron chi connectivity index (χ2n) is 6.68. The van der Waals surface area contributed by atoms with Gasteiger partial charge in [0.25, 0.3) is 0 Å². The van der Waals surface area contributed by atoms with Gasteiger partial charge in [0.05, 0.1) is 22.5 Å². The molecule has 0 bridgehead atoms.